The molecule has 6 nitrogen and oxygen atoms in total. The van der Waals surface area contributed by atoms with Gasteiger partial charge in [0.25, 0.3) is 0 Å². The van der Waals surface area contributed by atoms with Gasteiger partial charge in [-0.15, -0.1) is 0 Å². The summed E-state index contributed by atoms with van der Waals surface area (Å²) in [5.41, 5.74) is -0.619. The van der Waals surface area contributed by atoms with Crippen LogP contribution >= 0.6 is 0 Å². The molecule has 0 aromatic carbocycles. The number of amides is 1. The van der Waals surface area contributed by atoms with E-state index in [1.54, 1.807) is 20.8 Å². The summed E-state index contributed by atoms with van der Waals surface area (Å²) in [6, 6.07) is -0.767. The van der Waals surface area contributed by atoms with Gasteiger partial charge in [0, 0.05) is 13.5 Å². The fourth-order valence-electron chi connectivity index (χ4n) is 1.77. The number of carboxylic acid groups (broad SMARTS) is 1. The van der Waals surface area contributed by atoms with Crippen LogP contribution < -0.4 is 0 Å². The SMILES string of the molecule is CO[C@H]1C[C@H](C(=O)OC(C)(C)C)N(C(=O)O)C1. The minimum Gasteiger partial charge on any atom is -0.465 e. The van der Waals surface area contributed by atoms with E-state index in [1.165, 1.54) is 7.11 Å². The Kier molecular flexibility index (Phi) is 3.98. The number of nitrogens with zero attached hydrogens (tertiary/aromatic N) is 1. The molecule has 98 valence electrons. The second kappa shape index (κ2) is 4.91. The lowest BCUT2D eigenvalue weighted by Crippen LogP contribution is -2.43. The number of methoxy groups -OCH3 is 1. The largest absolute Gasteiger partial charge is 0.465 e. The van der Waals surface area contributed by atoms with E-state index in [0.29, 0.717) is 6.42 Å². The molecule has 6 heteroatoms. The minimum atomic E-state index is -1.12. The van der Waals surface area contributed by atoms with Crippen LogP contribution in [0.25, 0.3) is 0 Å². The summed E-state index contributed by atoms with van der Waals surface area (Å²) >= 11 is 0. The van der Waals surface area contributed by atoms with E-state index < -0.39 is 23.7 Å². The van der Waals surface area contributed by atoms with Gasteiger partial charge in [0.15, 0.2) is 0 Å². The summed E-state index contributed by atoms with van der Waals surface area (Å²) in [5, 5.41) is 9.01. The highest BCUT2D eigenvalue weighted by molar-refractivity contribution is 5.81. The molecular weight excluding hydrogens is 226 g/mol. The Morgan fingerprint density at radius 2 is 1.94 bits per heavy atom. The van der Waals surface area contributed by atoms with Gasteiger partial charge in [-0.2, -0.15) is 0 Å². The average molecular weight is 245 g/mol. The predicted octanol–water partition coefficient (Wildman–Crippen LogP) is 1.10. The molecule has 17 heavy (non-hydrogen) atoms. The van der Waals surface area contributed by atoms with Crippen LogP contribution in [0, 0.1) is 0 Å². The molecule has 0 unspecified atom stereocenters. The first kappa shape index (κ1) is 13.8. The van der Waals surface area contributed by atoms with Gasteiger partial charge in [0.1, 0.15) is 11.6 Å². The van der Waals surface area contributed by atoms with Crippen LogP contribution in [0.1, 0.15) is 27.2 Å². The van der Waals surface area contributed by atoms with Gasteiger partial charge in [-0.3, -0.25) is 4.90 Å². The second-order valence-electron chi connectivity index (χ2n) is 5.08. The maximum absolute atomic E-state index is 11.9. The first-order valence-corrected chi connectivity index (χ1v) is 5.50. The Morgan fingerprint density at radius 1 is 1.35 bits per heavy atom. The molecule has 2 atom stereocenters. The number of ether oxygens (including phenoxy) is 2. The normalized spacial score (nSPS) is 24.8. The molecule has 1 aliphatic heterocycles. The lowest BCUT2D eigenvalue weighted by molar-refractivity contribution is -0.159. The molecule has 1 fully saturated rings. The molecular formula is C11H19NO5. The van der Waals surface area contributed by atoms with Crippen LogP contribution in [-0.2, 0) is 14.3 Å². The molecule has 0 aromatic rings. The Hall–Kier alpha value is -1.30. The maximum atomic E-state index is 11.9. The van der Waals surface area contributed by atoms with E-state index >= 15 is 0 Å². The lowest BCUT2D eigenvalue weighted by Gasteiger charge is -2.25. The molecule has 1 saturated heterocycles. The van der Waals surface area contributed by atoms with E-state index in [2.05, 4.69) is 0 Å². The molecule has 0 aromatic heterocycles. The van der Waals surface area contributed by atoms with Crippen molar-refractivity contribution in [2.24, 2.45) is 0 Å². The summed E-state index contributed by atoms with van der Waals surface area (Å²) in [6.07, 6.45) is -1.03. The predicted molar refractivity (Wildman–Crippen MR) is 59.8 cm³/mol. The fraction of sp³-hybridized carbons (Fsp3) is 0.818. The van der Waals surface area contributed by atoms with Crippen molar-refractivity contribution in [3.8, 4) is 0 Å². The highest BCUT2D eigenvalue weighted by Crippen LogP contribution is 2.23. The first-order chi connectivity index (χ1) is 7.74. The highest BCUT2D eigenvalue weighted by Gasteiger charge is 2.41. The van der Waals surface area contributed by atoms with E-state index in [9.17, 15) is 9.59 Å². The van der Waals surface area contributed by atoms with Crippen LogP contribution in [0.4, 0.5) is 4.79 Å². The molecule has 0 saturated carbocycles. The standard InChI is InChI=1S/C11H19NO5/c1-11(2,3)17-9(13)8-5-7(16-4)6-12(8)10(14)15/h7-8H,5-6H2,1-4H3,(H,14,15)/t7-,8+/m0/s1. The van der Waals surface area contributed by atoms with Crippen molar-refractivity contribution in [1.29, 1.82) is 0 Å². The van der Waals surface area contributed by atoms with Crippen molar-refractivity contribution in [2.45, 2.75) is 44.9 Å². The first-order valence-electron chi connectivity index (χ1n) is 5.50. The van der Waals surface area contributed by atoms with Crippen LogP contribution in [0.5, 0.6) is 0 Å². The Morgan fingerprint density at radius 3 is 2.35 bits per heavy atom. The van der Waals surface area contributed by atoms with E-state index in [4.69, 9.17) is 14.6 Å². The Bertz CT molecular complexity index is 309. The van der Waals surface area contributed by atoms with Crippen LogP contribution in [0.3, 0.4) is 0 Å². The van der Waals surface area contributed by atoms with Gasteiger partial charge in [0.2, 0.25) is 0 Å². The third kappa shape index (κ3) is 3.59. The highest BCUT2D eigenvalue weighted by atomic mass is 16.6. The van der Waals surface area contributed by atoms with E-state index in [0.717, 1.165) is 4.90 Å². The number of hydrogen-bond acceptors (Lipinski definition) is 4. The van der Waals surface area contributed by atoms with Gasteiger partial charge in [-0.05, 0) is 20.8 Å². The van der Waals surface area contributed by atoms with Gasteiger partial charge in [-0.1, -0.05) is 0 Å². The fourth-order valence-corrected chi connectivity index (χ4v) is 1.77. The molecule has 1 N–H and O–H groups in total. The van der Waals surface area contributed by atoms with Crippen LogP contribution in [-0.4, -0.2) is 53.5 Å². The minimum absolute atomic E-state index is 0.204. The van der Waals surface area contributed by atoms with Crippen LogP contribution in [0.15, 0.2) is 0 Å². The van der Waals surface area contributed by atoms with Crippen molar-refractivity contribution >= 4 is 12.1 Å². The van der Waals surface area contributed by atoms with E-state index in [1.807, 2.05) is 0 Å². The molecule has 0 radical (unpaired) electrons. The van der Waals surface area contributed by atoms with Crippen molar-refractivity contribution < 1.29 is 24.2 Å². The molecule has 1 amide bonds. The monoisotopic (exact) mass is 245 g/mol. The molecule has 1 aliphatic rings. The topological polar surface area (TPSA) is 76.1 Å². The molecule has 1 heterocycles. The number of likely N-dealkylation sites (tertiary alicyclic amines) is 1. The van der Waals surface area contributed by atoms with Crippen molar-refractivity contribution in [1.82, 2.24) is 4.90 Å². The molecule has 0 aliphatic carbocycles. The summed E-state index contributed by atoms with van der Waals surface area (Å²) in [7, 11) is 1.50. The van der Waals surface area contributed by atoms with Gasteiger partial charge >= 0.3 is 12.1 Å². The number of hydrogen-bond donors (Lipinski definition) is 1. The zero-order valence-electron chi connectivity index (χ0n) is 10.6. The molecule has 1 rings (SSSR count). The number of rotatable bonds is 2. The summed E-state index contributed by atoms with van der Waals surface area (Å²) < 4.78 is 10.3. The summed E-state index contributed by atoms with van der Waals surface area (Å²) in [5.74, 6) is -0.514. The molecule has 0 bridgehead atoms. The third-order valence-corrected chi connectivity index (χ3v) is 2.52. The number of carbonyl (C=O) groups excluding carboxylic acids is 1. The smallest absolute Gasteiger partial charge is 0.408 e. The maximum Gasteiger partial charge on any atom is 0.408 e. The lowest BCUT2D eigenvalue weighted by atomic mass is 10.1. The van der Waals surface area contributed by atoms with Gasteiger partial charge in [-0.25, -0.2) is 9.59 Å². The van der Waals surface area contributed by atoms with Crippen molar-refractivity contribution in [2.75, 3.05) is 13.7 Å². The Labute approximate surface area is 100 Å². The van der Waals surface area contributed by atoms with Gasteiger partial charge in [0.05, 0.1) is 12.6 Å². The van der Waals surface area contributed by atoms with Crippen LogP contribution in [0.2, 0.25) is 0 Å². The zero-order chi connectivity index (χ0) is 13.2. The average Bonchev–Trinajstić information content (AvgIpc) is 2.58. The van der Waals surface area contributed by atoms with Gasteiger partial charge < -0.3 is 14.6 Å². The Balaban J connectivity index is 2.73. The summed E-state index contributed by atoms with van der Waals surface area (Å²) in [6.45, 7) is 5.45. The number of carbonyl (C=O) groups is 2. The molecule has 0 spiro atoms. The number of esters is 1. The quantitative estimate of drug-likeness (QED) is 0.737. The second-order valence-corrected chi connectivity index (χ2v) is 5.08. The summed E-state index contributed by atoms with van der Waals surface area (Å²) in [4.78, 5) is 23.9. The van der Waals surface area contributed by atoms with E-state index in [-0.39, 0.29) is 12.6 Å². The third-order valence-electron chi connectivity index (χ3n) is 2.52. The zero-order valence-corrected chi connectivity index (χ0v) is 10.6. The van der Waals surface area contributed by atoms with Crippen molar-refractivity contribution in [3.05, 3.63) is 0 Å². The van der Waals surface area contributed by atoms with Crippen molar-refractivity contribution in [3.63, 3.8) is 0 Å².